The average Bonchev–Trinajstić information content (AvgIpc) is 2.94. The Morgan fingerprint density at radius 1 is 1.00 bits per heavy atom. The minimum absolute atomic E-state index is 0.0101. The number of hydrogen-bond donors (Lipinski definition) is 1. The molecule has 0 bridgehead atoms. The highest BCUT2D eigenvalue weighted by atomic mass is 32.2. The quantitative estimate of drug-likeness (QED) is 0.299. The van der Waals surface area contributed by atoms with Gasteiger partial charge in [-0.3, -0.25) is 4.79 Å². The summed E-state index contributed by atoms with van der Waals surface area (Å²) < 4.78 is 16.6. The molecule has 2 aliphatic rings. The van der Waals surface area contributed by atoms with Crippen LogP contribution in [0, 0.1) is 0 Å². The van der Waals surface area contributed by atoms with Gasteiger partial charge in [0, 0.05) is 35.1 Å². The number of carbonyl (C=O) groups is 2. The van der Waals surface area contributed by atoms with Crippen molar-refractivity contribution < 1.29 is 23.8 Å². The molecule has 2 aromatic rings. The predicted octanol–water partition coefficient (Wildman–Crippen LogP) is 5.92. The van der Waals surface area contributed by atoms with Crippen LogP contribution in [0.1, 0.15) is 62.1 Å². The molecule has 202 valence electrons. The number of nitrogens with one attached hydrogen (secondary N) is 1. The number of ketones is 1. The number of carbonyl (C=O) groups excluding carboxylic acids is 2. The summed E-state index contributed by atoms with van der Waals surface area (Å²) in [4.78, 5) is 27.2. The van der Waals surface area contributed by atoms with E-state index < -0.39 is 5.92 Å². The fraction of sp³-hybridized carbons (Fsp3) is 0.419. The van der Waals surface area contributed by atoms with E-state index in [4.69, 9.17) is 14.2 Å². The third-order valence-electron chi connectivity index (χ3n) is 7.31. The lowest BCUT2D eigenvalue weighted by atomic mass is 9.71. The van der Waals surface area contributed by atoms with Crippen molar-refractivity contribution in [2.24, 2.45) is 0 Å². The molecule has 2 aromatic carbocycles. The van der Waals surface area contributed by atoms with Crippen LogP contribution >= 0.6 is 11.8 Å². The smallest absolute Gasteiger partial charge is 0.336 e. The van der Waals surface area contributed by atoms with Crippen LogP contribution in [-0.4, -0.2) is 44.1 Å². The van der Waals surface area contributed by atoms with Crippen molar-refractivity contribution in [3.05, 3.63) is 81.7 Å². The Hall–Kier alpha value is -3.19. The summed E-state index contributed by atoms with van der Waals surface area (Å²) in [6.07, 6.45) is 1.94. The number of rotatable bonds is 10. The van der Waals surface area contributed by atoms with Gasteiger partial charge < -0.3 is 19.5 Å². The maximum atomic E-state index is 13.8. The van der Waals surface area contributed by atoms with Crippen molar-refractivity contribution in [1.29, 1.82) is 0 Å². The van der Waals surface area contributed by atoms with Gasteiger partial charge in [0.1, 0.15) is 6.61 Å². The number of allylic oxidation sites excluding steroid dienone is 3. The summed E-state index contributed by atoms with van der Waals surface area (Å²) in [6.45, 7) is 6.44. The third-order valence-corrected chi connectivity index (χ3v) is 8.18. The molecule has 0 unspecified atom stereocenters. The molecule has 1 aliphatic carbocycles. The second-order valence-electron chi connectivity index (χ2n) is 9.56. The van der Waals surface area contributed by atoms with Gasteiger partial charge in [-0.15, -0.1) is 0 Å². The molecule has 6 nitrogen and oxygen atoms in total. The van der Waals surface area contributed by atoms with Crippen LogP contribution in [0.25, 0.3) is 0 Å². The SMILES string of the molecule is CCSCCOC(=O)C1=C(C)NC2=C(C(=O)C[C@@H](c3ccc(OC)c(OC)c3)C2)[C@@H]1c1ccc(CC)cc1. The molecule has 2 atom stereocenters. The number of hydrogen-bond acceptors (Lipinski definition) is 7. The first-order valence-corrected chi connectivity index (χ1v) is 14.4. The molecule has 1 aliphatic heterocycles. The van der Waals surface area contributed by atoms with Gasteiger partial charge in [-0.25, -0.2) is 4.79 Å². The number of ether oxygens (including phenoxy) is 3. The molecule has 0 saturated heterocycles. The number of dihydropyridines is 1. The minimum Gasteiger partial charge on any atom is -0.493 e. The van der Waals surface area contributed by atoms with E-state index in [1.807, 2.05) is 37.3 Å². The lowest BCUT2D eigenvalue weighted by molar-refractivity contribution is -0.138. The van der Waals surface area contributed by atoms with Crippen molar-refractivity contribution in [3.63, 3.8) is 0 Å². The van der Waals surface area contributed by atoms with Crippen LogP contribution in [0.15, 0.2) is 65.0 Å². The largest absolute Gasteiger partial charge is 0.493 e. The Morgan fingerprint density at radius 2 is 1.71 bits per heavy atom. The number of esters is 1. The molecule has 0 amide bonds. The van der Waals surface area contributed by atoms with E-state index in [2.05, 4.69) is 31.3 Å². The van der Waals surface area contributed by atoms with Crippen LogP contribution in [0.3, 0.4) is 0 Å². The molecule has 0 aromatic heterocycles. The zero-order chi connectivity index (χ0) is 27.2. The van der Waals surface area contributed by atoms with Gasteiger partial charge in [-0.1, -0.05) is 44.2 Å². The number of Topliss-reactive ketones (excluding diaryl/α,β-unsaturated/α-hetero) is 1. The van der Waals surface area contributed by atoms with E-state index >= 15 is 0 Å². The molecule has 4 rings (SSSR count). The fourth-order valence-corrected chi connectivity index (χ4v) is 5.84. The second kappa shape index (κ2) is 12.6. The number of aryl methyl sites for hydroxylation is 1. The first kappa shape index (κ1) is 27.8. The van der Waals surface area contributed by atoms with Gasteiger partial charge in [-0.05, 0) is 60.3 Å². The Morgan fingerprint density at radius 3 is 2.37 bits per heavy atom. The van der Waals surface area contributed by atoms with Crippen molar-refractivity contribution >= 4 is 23.5 Å². The predicted molar refractivity (Wildman–Crippen MR) is 152 cm³/mol. The Balaban J connectivity index is 1.71. The van der Waals surface area contributed by atoms with Gasteiger partial charge in [0.25, 0.3) is 0 Å². The number of methoxy groups -OCH3 is 2. The first-order valence-electron chi connectivity index (χ1n) is 13.2. The van der Waals surface area contributed by atoms with Crippen molar-refractivity contribution in [2.45, 2.75) is 51.9 Å². The zero-order valence-electron chi connectivity index (χ0n) is 22.9. The van der Waals surface area contributed by atoms with Crippen LogP contribution in [0.2, 0.25) is 0 Å². The molecule has 0 fully saturated rings. The van der Waals surface area contributed by atoms with E-state index in [-0.39, 0.29) is 17.7 Å². The normalized spacial score (nSPS) is 19.1. The summed E-state index contributed by atoms with van der Waals surface area (Å²) in [5.74, 6) is 2.23. The van der Waals surface area contributed by atoms with Crippen LogP contribution in [-0.2, 0) is 20.7 Å². The van der Waals surface area contributed by atoms with Crippen molar-refractivity contribution in [2.75, 3.05) is 32.3 Å². The number of thioether (sulfide) groups is 1. The van der Waals surface area contributed by atoms with Crippen molar-refractivity contribution in [1.82, 2.24) is 5.32 Å². The zero-order valence-corrected chi connectivity index (χ0v) is 23.7. The molecular formula is C31H37NO5S. The van der Waals surface area contributed by atoms with Gasteiger partial charge >= 0.3 is 5.97 Å². The average molecular weight is 536 g/mol. The Kier molecular flexibility index (Phi) is 9.21. The van der Waals surface area contributed by atoms with Crippen LogP contribution in [0.5, 0.6) is 11.5 Å². The minimum atomic E-state index is -0.456. The summed E-state index contributed by atoms with van der Waals surface area (Å²) in [6, 6.07) is 14.1. The van der Waals surface area contributed by atoms with Crippen molar-refractivity contribution in [3.8, 4) is 11.5 Å². The fourth-order valence-electron chi connectivity index (χ4n) is 5.35. The van der Waals surface area contributed by atoms with E-state index in [0.717, 1.165) is 40.4 Å². The monoisotopic (exact) mass is 535 g/mol. The van der Waals surface area contributed by atoms with E-state index in [1.54, 1.807) is 26.0 Å². The summed E-state index contributed by atoms with van der Waals surface area (Å²) in [5, 5.41) is 3.43. The molecule has 38 heavy (non-hydrogen) atoms. The third kappa shape index (κ3) is 5.78. The van der Waals surface area contributed by atoms with Crippen LogP contribution in [0.4, 0.5) is 0 Å². The van der Waals surface area contributed by atoms with E-state index in [9.17, 15) is 9.59 Å². The molecule has 0 saturated carbocycles. The second-order valence-corrected chi connectivity index (χ2v) is 11.0. The Labute approximate surface area is 229 Å². The van der Waals surface area contributed by atoms with Gasteiger partial charge in [0.2, 0.25) is 0 Å². The lowest BCUT2D eigenvalue weighted by Gasteiger charge is -2.37. The molecule has 0 radical (unpaired) electrons. The molecular weight excluding hydrogens is 498 g/mol. The lowest BCUT2D eigenvalue weighted by Crippen LogP contribution is -2.36. The van der Waals surface area contributed by atoms with Crippen LogP contribution < -0.4 is 14.8 Å². The highest BCUT2D eigenvalue weighted by molar-refractivity contribution is 7.99. The molecule has 7 heteroatoms. The molecule has 1 N–H and O–H groups in total. The topological polar surface area (TPSA) is 73.9 Å². The van der Waals surface area contributed by atoms with E-state index in [1.165, 1.54) is 5.56 Å². The Bertz CT molecular complexity index is 1250. The van der Waals surface area contributed by atoms with Gasteiger partial charge in [0.15, 0.2) is 17.3 Å². The maximum absolute atomic E-state index is 13.8. The first-order chi connectivity index (χ1) is 18.4. The summed E-state index contributed by atoms with van der Waals surface area (Å²) in [7, 11) is 3.22. The summed E-state index contributed by atoms with van der Waals surface area (Å²) >= 11 is 1.73. The maximum Gasteiger partial charge on any atom is 0.336 e. The highest BCUT2D eigenvalue weighted by Gasteiger charge is 2.41. The molecule has 0 spiro atoms. The van der Waals surface area contributed by atoms with E-state index in [0.29, 0.717) is 42.1 Å². The highest BCUT2D eigenvalue weighted by Crippen LogP contribution is 2.46. The summed E-state index contributed by atoms with van der Waals surface area (Å²) in [5.41, 5.74) is 5.97. The van der Waals surface area contributed by atoms with Gasteiger partial charge in [-0.2, -0.15) is 11.8 Å². The standard InChI is InChI=1S/C31H37NO5S/c1-6-20-8-10-21(11-9-20)29-28(31(34)37-14-15-38-7-2)19(3)32-24-16-23(17-25(33)30(24)29)22-12-13-26(35-4)27(18-22)36-5/h8-13,18,23,29,32H,6-7,14-17H2,1-5H3/t23-,29+/m0/s1. The number of benzene rings is 2. The molecule has 1 heterocycles. The van der Waals surface area contributed by atoms with Gasteiger partial charge in [0.05, 0.1) is 19.8 Å².